The largest absolute Gasteiger partial charge is 0.391 e. The van der Waals surface area contributed by atoms with Gasteiger partial charge in [-0.15, -0.1) is 0 Å². The third kappa shape index (κ3) is 3.95. The van der Waals surface area contributed by atoms with Crippen molar-refractivity contribution >= 4 is 23.0 Å². The van der Waals surface area contributed by atoms with Crippen molar-refractivity contribution in [1.29, 1.82) is 0 Å². The van der Waals surface area contributed by atoms with Gasteiger partial charge in [0.1, 0.15) is 0 Å². The first kappa shape index (κ1) is 16.9. The second-order valence-corrected chi connectivity index (χ2v) is 6.05. The minimum atomic E-state index is -0.501. The van der Waals surface area contributed by atoms with Crippen molar-refractivity contribution in [3.8, 4) is 0 Å². The van der Waals surface area contributed by atoms with E-state index in [0.29, 0.717) is 23.4 Å². The monoisotopic (exact) mass is 341 g/mol. The number of nitro groups is 1. The van der Waals surface area contributed by atoms with Crippen molar-refractivity contribution in [1.82, 2.24) is 5.32 Å². The number of hydrogen-bond donors (Lipinski definition) is 3. The molecule has 1 saturated carbocycles. The number of aliphatic hydroxyl groups is 1. The van der Waals surface area contributed by atoms with Gasteiger partial charge in [0, 0.05) is 17.8 Å². The molecular formula is C18H19N3O4. The van der Waals surface area contributed by atoms with Crippen molar-refractivity contribution < 1.29 is 14.8 Å². The quantitative estimate of drug-likeness (QED) is 0.573. The summed E-state index contributed by atoms with van der Waals surface area (Å²) in [6, 6.07) is 12.8. The number of carbonyl (C=O) groups is 1. The summed E-state index contributed by atoms with van der Waals surface area (Å²) < 4.78 is 0. The van der Waals surface area contributed by atoms with Gasteiger partial charge < -0.3 is 15.7 Å². The number of anilines is 2. The number of non-ortho nitro benzene ring substituents is 1. The zero-order valence-corrected chi connectivity index (χ0v) is 13.5. The lowest BCUT2D eigenvalue weighted by Gasteiger charge is -2.18. The standard InChI is InChI=1S/C18H19N3O4/c22-17-7-3-6-16(17)20-18(23)14-4-1-2-5-15(14)19-12-8-10-13(11-9-12)21(24)25/h1-2,4-5,8-11,16-17,19,22H,3,6-7H2,(H,20,23). The third-order valence-electron chi connectivity index (χ3n) is 4.32. The Bertz CT molecular complexity index is 776. The first-order valence-electron chi connectivity index (χ1n) is 8.14. The lowest BCUT2D eigenvalue weighted by molar-refractivity contribution is -0.384. The van der Waals surface area contributed by atoms with Gasteiger partial charge in [-0.2, -0.15) is 0 Å². The lowest BCUT2D eigenvalue weighted by atomic mass is 10.1. The highest BCUT2D eigenvalue weighted by atomic mass is 16.6. The molecule has 0 heterocycles. The van der Waals surface area contributed by atoms with E-state index in [9.17, 15) is 20.0 Å². The number of aliphatic hydroxyl groups excluding tert-OH is 1. The second-order valence-electron chi connectivity index (χ2n) is 6.05. The van der Waals surface area contributed by atoms with Gasteiger partial charge in [-0.25, -0.2) is 0 Å². The van der Waals surface area contributed by atoms with Crippen LogP contribution in [0.25, 0.3) is 0 Å². The summed E-state index contributed by atoms with van der Waals surface area (Å²) in [5.41, 5.74) is 1.71. The molecule has 7 heteroatoms. The summed E-state index contributed by atoms with van der Waals surface area (Å²) >= 11 is 0. The molecule has 3 rings (SSSR count). The molecule has 1 aliphatic rings. The van der Waals surface area contributed by atoms with Crippen molar-refractivity contribution in [2.24, 2.45) is 0 Å². The van der Waals surface area contributed by atoms with E-state index in [-0.39, 0.29) is 17.6 Å². The molecule has 0 saturated heterocycles. The molecule has 0 radical (unpaired) electrons. The molecule has 1 aliphatic carbocycles. The molecular weight excluding hydrogens is 322 g/mol. The smallest absolute Gasteiger partial charge is 0.269 e. The fourth-order valence-electron chi connectivity index (χ4n) is 2.97. The van der Waals surface area contributed by atoms with Crippen LogP contribution in [-0.2, 0) is 0 Å². The molecule has 3 N–H and O–H groups in total. The van der Waals surface area contributed by atoms with E-state index in [2.05, 4.69) is 10.6 Å². The Morgan fingerprint density at radius 3 is 2.48 bits per heavy atom. The summed E-state index contributed by atoms with van der Waals surface area (Å²) in [5, 5.41) is 26.6. The minimum absolute atomic E-state index is 0.00630. The normalized spacial score (nSPS) is 19.4. The Kier molecular flexibility index (Phi) is 4.95. The van der Waals surface area contributed by atoms with Gasteiger partial charge >= 0.3 is 0 Å². The highest BCUT2D eigenvalue weighted by Crippen LogP contribution is 2.24. The zero-order chi connectivity index (χ0) is 17.8. The van der Waals surface area contributed by atoms with Gasteiger partial charge in [0.25, 0.3) is 11.6 Å². The van der Waals surface area contributed by atoms with Crippen LogP contribution < -0.4 is 10.6 Å². The maximum absolute atomic E-state index is 12.5. The van der Waals surface area contributed by atoms with Crippen LogP contribution in [0.4, 0.5) is 17.1 Å². The summed E-state index contributed by atoms with van der Waals surface area (Å²) in [6.45, 7) is 0. The van der Waals surface area contributed by atoms with E-state index >= 15 is 0 Å². The van der Waals surface area contributed by atoms with Crippen LogP contribution in [-0.4, -0.2) is 28.1 Å². The molecule has 0 aromatic heterocycles. The summed E-state index contributed by atoms with van der Waals surface area (Å²) in [4.78, 5) is 22.8. The number of nitro benzene ring substituents is 1. The molecule has 130 valence electrons. The molecule has 2 atom stereocenters. The summed E-state index contributed by atoms with van der Waals surface area (Å²) in [6.07, 6.45) is 1.87. The fraction of sp³-hybridized carbons (Fsp3) is 0.278. The first-order chi connectivity index (χ1) is 12.0. The van der Waals surface area contributed by atoms with Crippen LogP contribution in [0.3, 0.4) is 0 Å². The van der Waals surface area contributed by atoms with Crippen LogP contribution in [0.1, 0.15) is 29.6 Å². The highest BCUT2D eigenvalue weighted by molar-refractivity contribution is 6.00. The number of para-hydroxylation sites is 1. The van der Waals surface area contributed by atoms with Crippen LogP contribution in [0, 0.1) is 10.1 Å². The van der Waals surface area contributed by atoms with Crippen molar-refractivity contribution in [3.63, 3.8) is 0 Å². The SMILES string of the molecule is O=C(NC1CCCC1O)c1ccccc1Nc1ccc([N+](=O)[O-])cc1. The van der Waals surface area contributed by atoms with E-state index in [0.717, 1.165) is 12.8 Å². The number of benzene rings is 2. The van der Waals surface area contributed by atoms with Gasteiger partial charge in [0.2, 0.25) is 0 Å². The Labute approximate surface area is 144 Å². The molecule has 0 bridgehead atoms. The van der Waals surface area contributed by atoms with E-state index < -0.39 is 11.0 Å². The Morgan fingerprint density at radius 2 is 1.84 bits per heavy atom. The molecule has 0 spiro atoms. The molecule has 2 aromatic carbocycles. The predicted octanol–water partition coefficient (Wildman–Crippen LogP) is 2.98. The number of hydrogen-bond acceptors (Lipinski definition) is 5. The van der Waals surface area contributed by atoms with E-state index in [1.807, 2.05) is 0 Å². The highest BCUT2D eigenvalue weighted by Gasteiger charge is 2.27. The topological polar surface area (TPSA) is 104 Å². The number of nitrogens with zero attached hydrogens (tertiary/aromatic N) is 1. The van der Waals surface area contributed by atoms with Crippen molar-refractivity contribution in [2.45, 2.75) is 31.4 Å². The maximum atomic E-state index is 12.5. The third-order valence-corrected chi connectivity index (χ3v) is 4.32. The lowest BCUT2D eigenvalue weighted by Crippen LogP contribution is -2.40. The van der Waals surface area contributed by atoms with Crippen LogP contribution in [0.5, 0.6) is 0 Å². The van der Waals surface area contributed by atoms with Gasteiger partial charge in [-0.05, 0) is 43.5 Å². The fourth-order valence-corrected chi connectivity index (χ4v) is 2.97. The molecule has 25 heavy (non-hydrogen) atoms. The van der Waals surface area contributed by atoms with Gasteiger partial charge in [0.05, 0.1) is 28.3 Å². The molecule has 1 amide bonds. The van der Waals surface area contributed by atoms with Crippen LogP contribution in [0.15, 0.2) is 48.5 Å². The van der Waals surface area contributed by atoms with Gasteiger partial charge in [-0.3, -0.25) is 14.9 Å². The van der Waals surface area contributed by atoms with E-state index in [4.69, 9.17) is 0 Å². The molecule has 1 fully saturated rings. The van der Waals surface area contributed by atoms with Crippen molar-refractivity contribution in [3.05, 3.63) is 64.2 Å². The molecule has 7 nitrogen and oxygen atoms in total. The number of carbonyl (C=O) groups excluding carboxylic acids is 1. The Morgan fingerprint density at radius 1 is 1.12 bits per heavy atom. The maximum Gasteiger partial charge on any atom is 0.269 e. The van der Waals surface area contributed by atoms with Crippen LogP contribution in [0.2, 0.25) is 0 Å². The van der Waals surface area contributed by atoms with Crippen LogP contribution >= 0.6 is 0 Å². The Balaban J connectivity index is 1.76. The molecule has 2 aromatic rings. The number of nitrogens with one attached hydrogen (secondary N) is 2. The summed E-state index contributed by atoms with van der Waals surface area (Å²) in [5.74, 6) is -0.254. The Hall–Kier alpha value is -2.93. The summed E-state index contributed by atoms with van der Waals surface area (Å²) in [7, 11) is 0. The van der Waals surface area contributed by atoms with Gasteiger partial charge in [0.15, 0.2) is 0 Å². The molecule has 0 aliphatic heterocycles. The number of rotatable bonds is 5. The average Bonchev–Trinajstić information content (AvgIpc) is 3.00. The van der Waals surface area contributed by atoms with E-state index in [1.165, 1.54) is 12.1 Å². The predicted molar refractivity (Wildman–Crippen MR) is 93.9 cm³/mol. The van der Waals surface area contributed by atoms with Gasteiger partial charge in [-0.1, -0.05) is 12.1 Å². The average molecular weight is 341 g/mol. The second kappa shape index (κ2) is 7.31. The number of amides is 1. The first-order valence-corrected chi connectivity index (χ1v) is 8.14. The minimum Gasteiger partial charge on any atom is -0.391 e. The zero-order valence-electron chi connectivity index (χ0n) is 13.5. The van der Waals surface area contributed by atoms with E-state index in [1.54, 1.807) is 36.4 Å². The molecule has 2 unspecified atom stereocenters. The van der Waals surface area contributed by atoms with Crippen molar-refractivity contribution in [2.75, 3.05) is 5.32 Å².